The van der Waals surface area contributed by atoms with E-state index in [1.807, 2.05) is 0 Å². The summed E-state index contributed by atoms with van der Waals surface area (Å²) in [5.74, 6) is 0. The quantitative estimate of drug-likeness (QED) is 0.126. The van der Waals surface area contributed by atoms with Gasteiger partial charge in [-0.1, -0.05) is 293 Å². The average molecular weight is 1270 g/mol. The first-order valence-electron chi connectivity index (χ1n) is 35.1. The third kappa shape index (κ3) is 7.90. The SMILES string of the molecule is CC1(C)c2ccccc2-c2ccc(N(c3ccccc3)c3ccc4c(-c5ccc6c7c(cccc57)-c5ccccc5-6)c5cc(N(c6ccccc6)c6ccc7c(c6)C(c6ccccc6)(c6ccccc6)c6ccccc6-7)ccc5c(-c5ccc6c7c(cccc57)-c5ccccc5-6)c4c3)cc21. The van der Waals surface area contributed by atoms with Gasteiger partial charge in [0.1, 0.15) is 0 Å². The van der Waals surface area contributed by atoms with E-state index in [1.165, 1.54) is 165 Å². The number of fused-ring (bicyclic) bond motifs is 14. The zero-order chi connectivity index (χ0) is 66.0. The molecule has 0 N–H and O–H groups in total. The molecule has 0 saturated carbocycles. The Morgan fingerprint density at radius 1 is 0.190 bits per heavy atom. The molecule has 17 aromatic carbocycles. The third-order valence-corrected chi connectivity index (χ3v) is 22.8. The monoisotopic (exact) mass is 1270 g/mol. The van der Waals surface area contributed by atoms with Crippen molar-refractivity contribution in [3.8, 4) is 89.0 Å². The van der Waals surface area contributed by atoms with E-state index < -0.39 is 5.41 Å². The van der Waals surface area contributed by atoms with E-state index in [0.717, 1.165) is 34.1 Å². The Kier molecular flexibility index (Phi) is 12.1. The maximum Gasteiger partial charge on any atom is 0.0714 e. The van der Waals surface area contributed by atoms with Crippen LogP contribution in [0.4, 0.5) is 34.1 Å². The van der Waals surface area contributed by atoms with Gasteiger partial charge in [-0.15, -0.1) is 0 Å². The minimum Gasteiger partial charge on any atom is -0.310 e. The maximum absolute atomic E-state index is 2.53. The lowest BCUT2D eigenvalue weighted by molar-refractivity contribution is 0.660. The molecule has 0 fully saturated rings. The number of rotatable bonds is 10. The van der Waals surface area contributed by atoms with Gasteiger partial charge in [0.15, 0.2) is 0 Å². The fraction of sp³-hybridized carbons (Fsp3) is 0.0408. The Balaban J connectivity index is 0.873. The molecule has 0 spiro atoms. The van der Waals surface area contributed by atoms with E-state index in [-0.39, 0.29) is 5.41 Å². The van der Waals surface area contributed by atoms with Gasteiger partial charge in [0.25, 0.3) is 0 Å². The molecular formula is C98H64N2. The van der Waals surface area contributed by atoms with Gasteiger partial charge in [0.2, 0.25) is 0 Å². The van der Waals surface area contributed by atoms with Crippen molar-refractivity contribution in [1.29, 1.82) is 0 Å². The number of hydrogen-bond acceptors (Lipinski definition) is 2. The van der Waals surface area contributed by atoms with Crippen molar-refractivity contribution < 1.29 is 0 Å². The lowest BCUT2D eigenvalue weighted by Crippen LogP contribution is -2.28. The Labute approximate surface area is 582 Å². The van der Waals surface area contributed by atoms with Crippen molar-refractivity contribution >= 4 is 77.2 Å². The van der Waals surface area contributed by atoms with Crippen LogP contribution in [0.5, 0.6) is 0 Å². The predicted octanol–water partition coefficient (Wildman–Crippen LogP) is 26.5. The topological polar surface area (TPSA) is 6.48 Å². The van der Waals surface area contributed by atoms with E-state index in [9.17, 15) is 0 Å². The van der Waals surface area contributed by atoms with Crippen LogP contribution in [0, 0.1) is 0 Å². The van der Waals surface area contributed by atoms with Gasteiger partial charge in [0.05, 0.1) is 5.41 Å². The van der Waals surface area contributed by atoms with Crippen LogP contribution in [0.15, 0.2) is 352 Å². The smallest absolute Gasteiger partial charge is 0.0714 e. The molecule has 0 unspecified atom stereocenters. The number of hydrogen-bond donors (Lipinski definition) is 0. The molecule has 17 aromatic rings. The number of anilines is 6. The van der Waals surface area contributed by atoms with E-state index in [1.54, 1.807) is 0 Å². The fourth-order valence-electron chi connectivity index (χ4n) is 18.6. The summed E-state index contributed by atoms with van der Waals surface area (Å²) in [6.45, 7) is 4.77. The Hall–Kier alpha value is -12.6. The van der Waals surface area contributed by atoms with Crippen molar-refractivity contribution in [2.45, 2.75) is 24.7 Å². The minimum absolute atomic E-state index is 0.193. The van der Waals surface area contributed by atoms with E-state index in [0.29, 0.717) is 0 Å². The summed E-state index contributed by atoms with van der Waals surface area (Å²) < 4.78 is 0. The summed E-state index contributed by atoms with van der Waals surface area (Å²) in [4.78, 5) is 5.00. The minimum atomic E-state index is -0.592. The predicted molar refractivity (Wildman–Crippen MR) is 420 cm³/mol. The van der Waals surface area contributed by atoms with Crippen molar-refractivity contribution in [2.75, 3.05) is 9.80 Å². The van der Waals surface area contributed by atoms with Gasteiger partial charge >= 0.3 is 0 Å². The first kappa shape index (κ1) is 56.5. The standard InChI is InChI=1S/C98H64N2/c1-97(2)89-43-21-19-37-73(89)75-49-45-67(59-91(75)97)99(63-29-11-5-12-30-63)65-47-51-85-87(57-65)95(83-55-53-81-71-35-17-15-33-69(71)77-39-23-41-79(83)93(77)81)86-52-48-66(58-88(86)96(85)84-56-54-82-72-36-18-16-34-70(72)78-40-24-42-80(84)94(78)82)100(64-31-13-6-14-32-64)68-46-50-76-74-38-20-22-44-90(74)98(92(76)60-68,61-25-7-3-8-26-61)62-27-9-4-10-28-62/h3-60H,1-2H3. The van der Waals surface area contributed by atoms with Crippen LogP contribution >= 0.6 is 0 Å². The summed E-state index contributed by atoms with van der Waals surface area (Å²) in [6.07, 6.45) is 0. The summed E-state index contributed by atoms with van der Waals surface area (Å²) in [6, 6.07) is 133. The number of para-hydroxylation sites is 2. The number of nitrogens with zero attached hydrogens (tertiary/aromatic N) is 2. The number of benzene rings is 17. The molecule has 2 nitrogen and oxygen atoms in total. The first-order valence-corrected chi connectivity index (χ1v) is 35.1. The van der Waals surface area contributed by atoms with Gasteiger partial charge < -0.3 is 9.80 Å². The molecule has 21 rings (SSSR count). The van der Waals surface area contributed by atoms with Crippen LogP contribution in [0.2, 0.25) is 0 Å². The fourth-order valence-corrected chi connectivity index (χ4v) is 18.6. The van der Waals surface area contributed by atoms with Crippen molar-refractivity contribution in [3.05, 3.63) is 385 Å². The summed E-state index contributed by atoms with van der Waals surface area (Å²) in [7, 11) is 0. The van der Waals surface area contributed by atoms with Crippen LogP contribution < -0.4 is 9.80 Å². The Morgan fingerprint density at radius 3 is 0.980 bits per heavy atom. The van der Waals surface area contributed by atoms with E-state index in [4.69, 9.17) is 0 Å². The molecule has 0 atom stereocenters. The normalized spacial score (nSPS) is 13.5. The Morgan fingerprint density at radius 2 is 0.510 bits per heavy atom. The zero-order valence-corrected chi connectivity index (χ0v) is 55.4. The second-order valence-corrected chi connectivity index (χ2v) is 28.1. The van der Waals surface area contributed by atoms with Crippen LogP contribution in [-0.4, -0.2) is 0 Å². The van der Waals surface area contributed by atoms with Gasteiger partial charge in [-0.2, -0.15) is 0 Å². The average Bonchev–Trinajstić information content (AvgIpc) is 1.43. The molecule has 0 saturated heterocycles. The third-order valence-electron chi connectivity index (χ3n) is 22.8. The van der Waals surface area contributed by atoms with Crippen LogP contribution in [0.3, 0.4) is 0 Å². The highest BCUT2D eigenvalue weighted by Crippen LogP contribution is 2.60. The van der Waals surface area contributed by atoms with Crippen LogP contribution in [0.25, 0.3) is 132 Å². The maximum atomic E-state index is 2.53. The largest absolute Gasteiger partial charge is 0.310 e. The highest BCUT2D eigenvalue weighted by molar-refractivity contribution is 6.30. The second-order valence-electron chi connectivity index (χ2n) is 28.1. The summed E-state index contributed by atoms with van der Waals surface area (Å²) in [5, 5.41) is 9.80. The highest BCUT2D eigenvalue weighted by Gasteiger charge is 2.47. The highest BCUT2D eigenvalue weighted by atomic mass is 15.1. The first-order chi connectivity index (χ1) is 49.4. The van der Waals surface area contributed by atoms with Crippen molar-refractivity contribution in [2.24, 2.45) is 0 Å². The van der Waals surface area contributed by atoms with Gasteiger partial charge in [-0.05, 0) is 238 Å². The lowest BCUT2D eigenvalue weighted by Gasteiger charge is -2.35. The van der Waals surface area contributed by atoms with E-state index in [2.05, 4.69) is 375 Å². The van der Waals surface area contributed by atoms with Crippen molar-refractivity contribution in [3.63, 3.8) is 0 Å². The lowest BCUT2D eigenvalue weighted by atomic mass is 9.67. The molecule has 0 amide bonds. The molecule has 4 aliphatic carbocycles. The summed E-state index contributed by atoms with van der Waals surface area (Å²) >= 11 is 0. The molecule has 2 heteroatoms. The molecule has 466 valence electrons. The molecule has 0 bridgehead atoms. The molecule has 0 radical (unpaired) electrons. The molecule has 4 aliphatic rings. The molecular weight excluding hydrogens is 1210 g/mol. The molecule has 0 heterocycles. The Bertz CT molecular complexity index is 6200. The van der Waals surface area contributed by atoms with Gasteiger partial charge in [-0.25, -0.2) is 0 Å². The molecule has 100 heavy (non-hydrogen) atoms. The van der Waals surface area contributed by atoms with E-state index >= 15 is 0 Å². The molecule has 0 aliphatic heterocycles. The zero-order valence-electron chi connectivity index (χ0n) is 55.4. The van der Waals surface area contributed by atoms with Gasteiger partial charge in [0, 0.05) is 39.5 Å². The van der Waals surface area contributed by atoms with Crippen molar-refractivity contribution in [1.82, 2.24) is 0 Å². The second kappa shape index (κ2) is 21.4. The molecule has 0 aromatic heterocycles. The van der Waals surface area contributed by atoms with Crippen LogP contribution in [0.1, 0.15) is 47.2 Å². The van der Waals surface area contributed by atoms with Gasteiger partial charge in [-0.3, -0.25) is 0 Å². The van der Waals surface area contributed by atoms with Crippen LogP contribution in [-0.2, 0) is 10.8 Å². The summed E-state index contributed by atoms with van der Waals surface area (Å²) in [5.41, 5.74) is 33.7.